The maximum atomic E-state index is 6.50. The van der Waals surface area contributed by atoms with E-state index < -0.39 is 0 Å². The van der Waals surface area contributed by atoms with Crippen LogP contribution in [0, 0.1) is 0 Å². The number of halogens is 1. The van der Waals surface area contributed by atoms with Gasteiger partial charge in [-0.3, -0.25) is 4.98 Å². The van der Waals surface area contributed by atoms with Crippen LogP contribution in [0.25, 0.3) is 10.9 Å². The zero-order valence-corrected chi connectivity index (χ0v) is 21.1. The number of anilines is 3. The highest BCUT2D eigenvalue weighted by Gasteiger charge is 2.12. The molecular weight excluding hydrogens is 476 g/mol. The van der Waals surface area contributed by atoms with Gasteiger partial charge in [-0.15, -0.1) is 6.58 Å². The summed E-state index contributed by atoms with van der Waals surface area (Å²) in [6.07, 6.45) is 5.06. The van der Waals surface area contributed by atoms with Crippen LogP contribution in [0.4, 0.5) is 17.2 Å². The van der Waals surface area contributed by atoms with Gasteiger partial charge in [0.2, 0.25) is 0 Å². The van der Waals surface area contributed by atoms with Crippen molar-refractivity contribution in [2.75, 3.05) is 44.4 Å². The number of hydrogen-bond donors (Lipinski definition) is 2. The predicted octanol–water partition coefficient (Wildman–Crippen LogP) is 5.54. The molecule has 2 aromatic heterocycles. The lowest BCUT2D eigenvalue weighted by Gasteiger charge is -2.17. The number of nitrogens with one attached hydrogen (secondary N) is 2. The molecule has 0 saturated carbocycles. The van der Waals surface area contributed by atoms with Crippen LogP contribution >= 0.6 is 11.6 Å². The third kappa shape index (κ3) is 6.62. The van der Waals surface area contributed by atoms with Crippen molar-refractivity contribution in [3.63, 3.8) is 0 Å². The first-order valence-electron chi connectivity index (χ1n) is 11.5. The molecule has 0 fully saturated rings. The van der Waals surface area contributed by atoms with E-state index in [9.17, 15) is 0 Å². The van der Waals surface area contributed by atoms with Crippen LogP contribution in [0.2, 0.25) is 5.02 Å². The molecule has 0 spiro atoms. The zero-order valence-electron chi connectivity index (χ0n) is 20.4. The van der Waals surface area contributed by atoms with E-state index in [2.05, 4.69) is 37.1 Å². The Hall–Kier alpha value is -3.88. The van der Waals surface area contributed by atoms with Gasteiger partial charge < -0.3 is 25.0 Å². The highest BCUT2D eigenvalue weighted by atomic mass is 35.5. The van der Waals surface area contributed by atoms with Crippen molar-refractivity contribution in [3.8, 4) is 11.5 Å². The van der Waals surface area contributed by atoms with Crippen LogP contribution < -0.4 is 20.1 Å². The Labute approximate surface area is 216 Å². The monoisotopic (exact) mass is 504 g/mol. The minimum absolute atomic E-state index is 0.337. The van der Waals surface area contributed by atoms with Crippen LogP contribution in [0.3, 0.4) is 0 Å². The van der Waals surface area contributed by atoms with Crippen molar-refractivity contribution in [2.45, 2.75) is 6.61 Å². The number of ether oxygens (including phenoxy) is 2. The third-order valence-electron chi connectivity index (χ3n) is 5.27. The summed E-state index contributed by atoms with van der Waals surface area (Å²) in [5.74, 6) is 1.96. The number of hydrogen-bond acceptors (Lipinski definition) is 8. The Morgan fingerprint density at radius 3 is 2.67 bits per heavy atom. The summed E-state index contributed by atoms with van der Waals surface area (Å²) in [5.41, 5.74) is 3.21. The second-order valence-corrected chi connectivity index (χ2v) is 8.70. The van der Waals surface area contributed by atoms with Gasteiger partial charge in [-0.1, -0.05) is 23.7 Å². The smallest absolute Gasteiger partial charge is 0.144 e. The highest BCUT2D eigenvalue weighted by molar-refractivity contribution is 6.32. The van der Waals surface area contributed by atoms with E-state index in [0.717, 1.165) is 40.3 Å². The summed E-state index contributed by atoms with van der Waals surface area (Å²) in [4.78, 5) is 15.3. The summed E-state index contributed by atoms with van der Waals surface area (Å²) in [7, 11) is 4.02. The summed E-state index contributed by atoms with van der Waals surface area (Å²) in [5, 5.41) is 8.02. The largest absolute Gasteiger partial charge is 0.490 e. The lowest BCUT2D eigenvalue weighted by Crippen LogP contribution is -2.19. The number of fused-ring (bicyclic) bond motifs is 1. The molecule has 0 aliphatic heterocycles. The van der Waals surface area contributed by atoms with Gasteiger partial charge in [-0.25, -0.2) is 9.97 Å². The normalized spacial score (nSPS) is 10.9. The molecule has 0 aliphatic carbocycles. The molecule has 0 saturated heterocycles. The van der Waals surface area contributed by atoms with Gasteiger partial charge >= 0.3 is 0 Å². The molecule has 0 aliphatic rings. The van der Waals surface area contributed by atoms with E-state index >= 15 is 0 Å². The van der Waals surface area contributed by atoms with Crippen molar-refractivity contribution in [1.29, 1.82) is 0 Å². The maximum Gasteiger partial charge on any atom is 0.144 e. The number of nitrogens with zero attached hydrogens (tertiary/aromatic N) is 4. The first-order valence-corrected chi connectivity index (χ1v) is 11.9. The van der Waals surface area contributed by atoms with Crippen LogP contribution in [0.15, 0.2) is 73.7 Å². The number of aromatic nitrogens is 3. The Morgan fingerprint density at radius 2 is 1.92 bits per heavy atom. The third-order valence-corrected chi connectivity index (χ3v) is 5.56. The Balaban J connectivity index is 1.55. The standard InChI is InChI=1S/C27H29ClN6O2/c1-4-10-30-24-15-21-23(16-26(24)35-13-12-34(2)3)31-18-32-27(21)33-19-8-9-25(22(28)14-19)36-17-20-7-5-6-11-29-20/h4-9,11,14-16,18,30H,1,10,12-13,17H2,2-3H3,(H,31,32,33). The Bertz CT molecular complexity index is 1320. The summed E-state index contributed by atoms with van der Waals surface area (Å²) in [6, 6.07) is 15.1. The van der Waals surface area contributed by atoms with E-state index in [1.165, 1.54) is 6.33 Å². The second-order valence-electron chi connectivity index (χ2n) is 8.29. The van der Waals surface area contributed by atoms with Crippen LogP contribution in [0.1, 0.15) is 5.69 Å². The van der Waals surface area contributed by atoms with E-state index in [-0.39, 0.29) is 0 Å². The molecule has 0 atom stereocenters. The fraction of sp³-hybridized carbons (Fsp3) is 0.222. The minimum Gasteiger partial charge on any atom is -0.490 e. The minimum atomic E-state index is 0.337. The van der Waals surface area contributed by atoms with Crippen molar-refractivity contribution in [2.24, 2.45) is 0 Å². The number of rotatable bonds is 12. The van der Waals surface area contributed by atoms with Crippen molar-refractivity contribution >= 4 is 39.7 Å². The molecule has 9 heteroatoms. The fourth-order valence-electron chi connectivity index (χ4n) is 3.43. The van der Waals surface area contributed by atoms with Crippen molar-refractivity contribution < 1.29 is 9.47 Å². The molecule has 0 bridgehead atoms. The second kappa shape index (κ2) is 12.2. The fourth-order valence-corrected chi connectivity index (χ4v) is 3.66. The van der Waals surface area contributed by atoms with E-state index in [1.54, 1.807) is 18.3 Å². The number of pyridine rings is 1. The molecular formula is C27H29ClN6O2. The summed E-state index contributed by atoms with van der Waals surface area (Å²) in [6.45, 7) is 6.10. The molecule has 4 aromatic rings. The van der Waals surface area contributed by atoms with E-state index in [0.29, 0.717) is 36.3 Å². The quantitative estimate of drug-likeness (QED) is 0.243. The molecule has 2 heterocycles. The molecule has 2 aromatic carbocycles. The zero-order chi connectivity index (χ0) is 25.3. The van der Waals surface area contributed by atoms with Gasteiger partial charge in [0.25, 0.3) is 0 Å². The van der Waals surface area contributed by atoms with Gasteiger partial charge in [0.15, 0.2) is 0 Å². The molecule has 2 N–H and O–H groups in total. The average molecular weight is 505 g/mol. The maximum absolute atomic E-state index is 6.50. The topological polar surface area (TPSA) is 84.4 Å². The van der Waals surface area contributed by atoms with Gasteiger partial charge in [0.1, 0.15) is 36.9 Å². The van der Waals surface area contributed by atoms with Crippen LogP contribution in [-0.2, 0) is 6.61 Å². The van der Waals surface area contributed by atoms with Crippen LogP contribution in [-0.4, -0.2) is 53.6 Å². The van der Waals surface area contributed by atoms with Gasteiger partial charge in [0.05, 0.1) is 21.9 Å². The predicted molar refractivity (Wildman–Crippen MR) is 146 cm³/mol. The number of likely N-dealkylation sites (N-methyl/N-ethyl adjacent to an activating group) is 1. The molecule has 36 heavy (non-hydrogen) atoms. The molecule has 4 rings (SSSR count). The number of benzene rings is 2. The highest BCUT2D eigenvalue weighted by Crippen LogP contribution is 2.35. The van der Waals surface area contributed by atoms with Gasteiger partial charge in [-0.05, 0) is 50.5 Å². The SMILES string of the molecule is C=CCNc1cc2c(Nc3ccc(OCc4ccccn4)c(Cl)c3)ncnc2cc1OCCN(C)C. The lowest BCUT2D eigenvalue weighted by atomic mass is 10.1. The molecule has 0 unspecified atom stereocenters. The van der Waals surface area contributed by atoms with Crippen LogP contribution in [0.5, 0.6) is 11.5 Å². The van der Waals surface area contributed by atoms with Crippen molar-refractivity contribution in [3.05, 3.63) is 84.4 Å². The molecule has 8 nitrogen and oxygen atoms in total. The molecule has 0 radical (unpaired) electrons. The lowest BCUT2D eigenvalue weighted by molar-refractivity contribution is 0.262. The first kappa shape index (κ1) is 25.2. The molecule has 186 valence electrons. The van der Waals surface area contributed by atoms with Gasteiger partial charge in [-0.2, -0.15) is 0 Å². The molecule has 0 amide bonds. The van der Waals surface area contributed by atoms with Gasteiger partial charge in [0, 0.05) is 36.4 Å². The summed E-state index contributed by atoms with van der Waals surface area (Å²) >= 11 is 6.50. The Kier molecular flexibility index (Phi) is 8.54. The van der Waals surface area contributed by atoms with Crippen molar-refractivity contribution in [1.82, 2.24) is 19.9 Å². The average Bonchev–Trinajstić information content (AvgIpc) is 2.87. The summed E-state index contributed by atoms with van der Waals surface area (Å²) < 4.78 is 11.9. The van der Waals surface area contributed by atoms with E-state index in [4.69, 9.17) is 21.1 Å². The Morgan fingerprint density at radius 1 is 1.03 bits per heavy atom. The first-order chi connectivity index (χ1) is 17.5. The van der Waals surface area contributed by atoms with E-state index in [1.807, 2.05) is 56.6 Å².